The lowest BCUT2D eigenvalue weighted by molar-refractivity contribution is -0.120. The number of carbonyl (C=O) groups is 1. The predicted molar refractivity (Wildman–Crippen MR) is 70.7 cm³/mol. The summed E-state index contributed by atoms with van der Waals surface area (Å²) in [6.45, 7) is 5.47. The molecule has 0 saturated carbocycles. The van der Waals surface area contributed by atoms with Gasteiger partial charge in [0, 0.05) is 6.92 Å². The smallest absolute Gasteiger partial charge is 0.217 e. The molecule has 1 aromatic rings. The van der Waals surface area contributed by atoms with Crippen molar-refractivity contribution in [2.24, 2.45) is 0 Å². The number of aliphatic hydroxyl groups is 1. The maximum absolute atomic E-state index is 11.1. The van der Waals surface area contributed by atoms with E-state index in [9.17, 15) is 9.90 Å². The van der Waals surface area contributed by atoms with E-state index in [1.54, 1.807) is 7.11 Å². The van der Waals surface area contributed by atoms with Crippen molar-refractivity contribution in [3.63, 3.8) is 0 Å². The van der Waals surface area contributed by atoms with Crippen molar-refractivity contribution in [3.05, 3.63) is 29.3 Å². The predicted octanol–water partition coefficient (Wildman–Crippen LogP) is 1.99. The Labute approximate surface area is 108 Å². The Hall–Kier alpha value is -1.55. The van der Waals surface area contributed by atoms with Crippen LogP contribution in [-0.2, 0) is 4.79 Å². The second-order valence-corrected chi connectivity index (χ2v) is 4.59. The average molecular weight is 251 g/mol. The van der Waals surface area contributed by atoms with Gasteiger partial charge in [-0.1, -0.05) is 19.9 Å². The normalized spacial score (nSPS) is 12.3. The lowest BCUT2D eigenvalue weighted by Gasteiger charge is -2.19. The second kappa shape index (κ2) is 6.40. The molecule has 0 heterocycles. The van der Waals surface area contributed by atoms with Crippen molar-refractivity contribution < 1.29 is 14.6 Å². The largest absolute Gasteiger partial charge is 0.496 e. The van der Waals surface area contributed by atoms with E-state index in [0.717, 1.165) is 16.9 Å². The summed E-state index contributed by atoms with van der Waals surface area (Å²) in [6.07, 6.45) is 0. The first-order valence-corrected chi connectivity index (χ1v) is 6.05. The second-order valence-electron chi connectivity index (χ2n) is 4.59. The first-order chi connectivity index (χ1) is 8.49. The van der Waals surface area contributed by atoms with Crippen LogP contribution in [0.3, 0.4) is 0 Å². The lowest BCUT2D eigenvalue weighted by atomic mass is 9.96. The van der Waals surface area contributed by atoms with Crippen LogP contribution in [0, 0.1) is 0 Å². The molecule has 0 aliphatic rings. The van der Waals surface area contributed by atoms with Gasteiger partial charge in [0.1, 0.15) is 5.75 Å². The quantitative estimate of drug-likeness (QED) is 0.841. The number of amides is 1. The van der Waals surface area contributed by atoms with Crippen LogP contribution < -0.4 is 10.1 Å². The zero-order valence-electron chi connectivity index (χ0n) is 11.4. The summed E-state index contributed by atoms with van der Waals surface area (Å²) in [5.41, 5.74) is 1.95. The minimum Gasteiger partial charge on any atom is -0.496 e. The number of aliphatic hydroxyl groups excluding tert-OH is 1. The van der Waals surface area contributed by atoms with Crippen LogP contribution in [0.4, 0.5) is 0 Å². The molecule has 1 amide bonds. The summed E-state index contributed by atoms with van der Waals surface area (Å²) in [4.78, 5) is 11.1. The highest BCUT2D eigenvalue weighted by Gasteiger charge is 2.15. The Morgan fingerprint density at radius 3 is 2.56 bits per heavy atom. The maximum Gasteiger partial charge on any atom is 0.217 e. The van der Waals surface area contributed by atoms with Crippen molar-refractivity contribution in [1.82, 2.24) is 5.32 Å². The molecule has 0 saturated heterocycles. The molecule has 100 valence electrons. The molecule has 1 atom stereocenters. The minimum atomic E-state index is -0.370. The number of hydrogen-bond acceptors (Lipinski definition) is 3. The highest BCUT2D eigenvalue weighted by Crippen LogP contribution is 2.29. The molecule has 1 unspecified atom stereocenters. The molecule has 2 N–H and O–H groups in total. The van der Waals surface area contributed by atoms with E-state index in [-0.39, 0.29) is 18.6 Å². The fourth-order valence-electron chi connectivity index (χ4n) is 1.90. The van der Waals surface area contributed by atoms with Gasteiger partial charge in [0.05, 0.1) is 19.8 Å². The summed E-state index contributed by atoms with van der Waals surface area (Å²) in [5, 5.41) is 12.1. The van der Waals surface area contributed by atoms with Gasteiger partial charge in [-0.2, -0.15) is 0 Å². The fourth-order valence-corrected chi connectivity index (χ4v) is 1.90. The lowest BCUT2D eigenvalue weighted by Crippen LogP contribution is -2.28. The number of carbonyl (C=O) groups excluding carboxylic acids is 1. The number of methoxy groups -OCH3 is 1. The zero-order valence-corrected chi connectivity index (χ0v) is 11.4. The highest BCUT2D eigenvalue weighted by atomic mass is 16.5. The van der Waals surface area contributed by atoms with Crippen LogP contribution in [0.1, 0.15) is 43.9 Å². The van der Waals surface area contributed by atoms with Gasteiger partial charge in [0.2, 0.25) is 5.91 Å². The van der Waals surface area contributed by atoms with Crippen LogP contribution in [0.25, 0.3) is 0 Å². The van der Waals surface area contributed by atoms with Gasteiger partial charge in [0.25, 0.3) is 0 Å². The van der Waals surface area contributed by atoms with Crippen LogP contribution in [0.5, 0.6) is 5.75 Å². The molecule has 0 aliphatic carbocycles. The van der Waals surface area contributed by atoms with Crippen molar-refractivity contribution in [1.29, 1.82) is 0 Å². The van der Waals surface area contributed by atoms with Gasteiger partial charge in [-0.25, -0.2) is 0 Å². The Morgan fingerprint density at radius 1 is 1.44 bits per heavy atom. The van der Waals surface area contributed by atoms with Crippen LogP contribution in [-0.4, -0.2) is 24.7 Å². The first kappa shape index (κ1) is 14.5. The van der Waals surface area contributed by atoms with Gasteiger partial charge in [-0.05, 0) is 29.2 Å². The van der Waals surface area contributed by atoms with E-state index in [0.29, 0.717) is 5.92 Å². The zero-order chi connectivity index (χ0) is 13.7. The molecule has 0 aromatic heterocycles. The van der Waals surface area contributed by atoms with Gasteiger partial charge in [0.15, 0.2) is 0 Å². The monoisotopic (exact) mass is 251 g/mol. The van der Waals surface area contributed by atoms with Crippen LogP contribution in [0.15, 0.2) is 18.2 Å². The molecular weight excluding hydrogens is 230 g/mol. The minimum absolute atomic E-state index is 0.122. The molecule has 1 aromatic carbocycles. The van der Waals surface area contributed by atoms with E-state index in [1.807, 2.05) is 18.2 Å². The van der Waals surface area contributed by atoms with Crippen LogP contribution in [0.2, 0.25) is 0 Å². The molecule has 0 radical (unpaired) electrons. The van der Waals surface area contributed by atoms with E-state index >= 15 is 0 Å². The van der Waals surface area contributed by atoms with E-state index < -0.39 is 0 Å². The van der Waals surface area contributed by atoms with Gasteiger partial charge in [-0.3, -0.25) is 4.79 Å². The summed E-state index contributed by atoms with van der Waals surface area (Å²) in [6, 6.07) is 5.34. The summed E-state index contributed by atoms with van der Waals surface area (Å²) in [5.74, 6) is 0.987. The van der Waals surface area contributed by atoms with E-state index in [4.69, 9.17) is 4.74 Å². The molecular formula is C14H21NO3. The Bertz CT molecular complexity index is 416. The Balaban J connectivity index is 3.09. The fraction of sp³-hybridized carbons (Fsp3) is 0.500. The third kappa shape index (κ3) is 3.47. The van der Waals surface area contributed by atoms with Gasteiger partial charge < -0.3 is 15.2 Å². The maximum atomic E-state index is 11.1. The molecule has 4 heteroatoms. The standard InChI is InChI=1S/C14H21NO3/c1-9(2)12-7-11(5-6-14(12)18-4)13(8-16)15-10(3)17/h5-7,9,13,16H,8H2,1-4H3,(H,15,17). The number of hydrogen-bond donors (Lipinski definition) is 2. The summed E-state index contributed by atoms with van der Waals surface area (Å²) < 4.78 is 5.31. The van der Waals surface area contributed by atoms with Crippen molar-refractivity contribution in [3.8, 4) is 5.75 Å². The van der Waals surface area contributed by atoms with E-state index in [2.05, 4.69) is 19.2 Å². The number of ether oxygens (including phenoxy) is 1. The third-order valence-corrected chi connectivity index (χ3v) is 2.84. The Morgan fingerprint density at radius 2 is 2.11 bits per heavy atom. The van der Waals surface area contributed by atoms with Crippen LogP contribution >= 0.6 is 0 Å². The van der Waals surface area contributed by atoms with E-state index in [1.165, 1.54) is 6.92 Å². The molecule has 1 rings (SSSR count). The van der Waals surface area contributed by atoms with Crippen molar-refractivity contribution in [2.75, 3.05) is 13.7 Å². The molecule has 0 fully saturated rings. The topological polar surface area (TPSA) is 58.6 Å². The molecule has 0 spiro atoms. The average Bonchev–Trinajstić information content (AvgIpc) is 2.34. The third-order valence-electron chi connectivity index (χ3n) is 2.84. The summed E-state index contributed by atoms with van der Waals surface area (Å²) >= 11 is 0. The molecule has 0 bridgehead atoms. The Kier molecular flexibility index (Phi) is 5.16. The molecule has 18 heavy (non-hydrogen) atoms. The SMILES string of the molecule is COc1ccc(C(CO)NC(C)=O)cc1C(C)C. The highest BCUT2D eigenvalue weighted by molar-refractivity contribution is 5.73. The number of benzene rings is 1. The molecule has 0 aliphatic heterocycles. The number of rotatable bonds is 5. The van der Waals surface area contributed by atoms with Gasteiger partial charge >= 0.3 is 0 Å². The molecule has 4 nitrogen and oxygen atoms in total. The van der Waals surface area contributed by atoms with Crippen molar-refractivity contribution >= 4 is 5.91 Å². The van der Waals surface area contributed by atoms with Gasteiger partial charge in [-0.15, -0.1) is 0 Å². The first-order valence-electron chi connectivity index (χ1n) is 6.05. The number of nitrogens with one attached hydrogen (secondary N) is 1. The summed E-state index contributed by atoms with van der Waals surface area (Å²) in [7, 11) is 1.64. The van der Waals surface area contributed by atoms with Crippen molar-refractivity contribution in [2.45, 2.75) is 32.7 Å².